The van der Waals surface area contributed by atoms with E-state index >= 15 is 0 Å². The van der Waals surface area contributed by atoms with Crippen molar-refractivity contribution in [3.63, 3.8) is 0 Å². The van der Waals surface area contributed by atoms with E-state index in [1.807, 2.05) is 37.3 Å². The fraction of sp³-hybridized carbons (Fsp3) is 0.105. The molecule has 0 saturated heterocycles. The van der Waals surface area contributed by atoms with Crippen LogP contribution in [0.3, 0.4) is 0 Å². The van der Waals surface area contributed by atoms with Gasteiger partial charge in [-0.3, -0.25) is 14.4 Å². The monoisotopic (exact) mass is 367 g/mol. The molecule has 3 aromatic rings. The summed E-state index contributed by atoms with van der Waals surface area (Å²) < 4.78 is 1.32. The molecule has 2 amide bonds. The number of pyridine rings is 1. The lowest BCUT2D eigenvalue weighted by Gasteiger charge is -2.07. The third kappa shape index (κ3) is 3.89. The summed E-state index contributed by atoms with van der Waals surface area (Å²) in [6.07, 6.45) is 1.61. The van der Waals surface area contributed by atoms with Crippen LogP contribution in [-0.4, -0.2) is 16.4 Å². The number of carbonyl (C=O) groups excluding carboxylic acids is 2. The van der Waals surface area contributed by atoms with Gasteiger partial charge >= 0.3 is 0 Å². The van der Waals surface area contributed by atoms with E-state index in [4.69, 9.17) is 5.73 Å². The molecule has 3 rings (SSSR count). The average Bonchev–Trinajstić information content (AvgIpc) is 3.03. The highest BCUT2D eigenvalue weighted by Crippen LogP contribution is 2.35. The maximum absolute atomic E-state index is 12.3. The van der Waals surface area contributed by atoms with Crippen LogP contribution < -0.4 is 16.6 Å². The highest BCUT2D eigenvalue weighted by atomic mass is 32.1. The maximum atomic E-state index is 12.3. The van der Waals surface area contributed by atoms with E-state index in [0.29, 0.717) is 5.00 Å². The predicted octanol–water partition coefficient (Wildman–Crippen LogP) is 2.62. The van der Waals surface area contributed by atoms with Gasteiger partial charge in [0, 0.05) is 17.1 Å². The number of carbonyl (C=O) groups is 2. The molecule has 6 nitrogen and oxygen atoms in total. The minimum absolute atomic E-state index is 0.142. The number of nitrogens with one attached hydrogen (secondary N) is 1. The van der Waals surface area contributed by atoms with Crippen molar-refractivity contribution in [3.8, 4) is 10.4 Å². The van der Waals surface area contributed by atoms with Gasteiger partial charge in [0.2, 0.25) is 5.91 Å². The van der Waals surface area contributed by atoms with Crippen LogP contribution in [-0.2, 0) is 11.3 Å². The molecular weight excluding hydrogens is 350 g/mol. The Kier molecular flexibility index (Phi) is 4.99. The summed E-state index contributed by atoms with van der Waals surface area (Å²) in [5.41, 5.74) is 7.22. The van der Waals surface area contributed by atoms with Gasteiger partial charge in [0.25, 0.3) is 11.5 Å². The molecule has 1 aromatic carbocycles. The van der Waals surface area contributed by atoms with E-state index < -0.39 is 11.8 Å². The molecule has 0 aliphatic carbocycles. The van der Waals surface area contributed by atoms with Crippen LogP contribution in [0.4, 0.5) is 5.00 Å². The number of nitrogens with two attached hydrogens (primary N) is 1. The number of thiophene rings is 1. The Bertz CT molecular complexity index is 1020. The summed E-state index contributed by atoms with van der Waals surface area (Å²) in [6, 6.07) is 14.3. The van der Waals surface area contributed by atoms with Gasteiger partial charge in [-0.25, -0.2) is 0 Å². The van der Waals surface area contributed by atoms with Crippen molar-refractivity contribution < 1.29 is 9.59 Å². The van der Waals surface area contributed by atoms with Gasteiger partial charge in [0.1, 0.15) is 11.5 Å². The lowest BCUT2D eigenvalue weighted by molar-refractivity contribution is -0.116. The standard InChI is InChI=1S/C19H17N3O3S/c1-12-7-8-17(24)22(10-12)11-16(23)21-19-14(18(20)25)9-15(26-19)13-5-3-2-4-6-13/h2-10H,11H2,1H3,(H2,20,25)(H,21,23). The number of nitrogens with zero attached hydrogens (tertiary/aromatic N) is 1. The number of amides is 2. The molecule has 0 radical (unpaired) electrons. The third-order valence-electron chi connectivity index (χ3n) is 3.75. The molecule has 0 fully saturated rings. The summed E-state index contributed by atoms with van der Waals surface area (Å²) in [6.45, 7) is 1.70. The first-order valence-electron chi connectivity index (χ1n) is 7.90. The Balaban J connectivity index is 1.85. The van der Waals surface area contributed by atoms with Gasteiger partial charge in [-0.05, 0) is 24.1 Å². The first-order chi connectivity index (χ1) is 12.4. The largest absolute Gasteiger partial charge is 0.366 e. The Hall–Kier alpha value is -3.19. The maximum Gasteiger partial charge on any atom is 0.251 e. The van der Waals surface area contributed by atoms with Crippen molar-refractivity contribution in [1.29, 1.82) is 0 Å². The molecule has 0 aliphatic heterocycles. The fourth-order valence-electron chi connectivity index (χ4n) is 2.51. The number of rotatable bonds is 5. The van der Waals surface area contributed by atoms with Crippen molar-refractivity contribution in [1.82, 2.24) is 4.57 Å². The number of hydrogen-bond acceptors (Lipinski definition) is 4. The summed E-state index contributed by atoms with van der Waals surface area (Å²) >= 11 is 1.27. The van der Waals surface area contributed by atoms with E-state index in [-0.39, 0.29) is 17.7 Å². The van der Waals surface area contributed by atoms with Crippen molar-refractivity contribution in [2.45, 2.75) is 13.5 Å². The van der Waals surface area contributed by atoms with E-state index in [1.54, 1.807) is 18.3 Å². The van der Waals surface area contributed by atoms with Crippen LogP contribution >= 0.6 is 11.3 Å². The van der Waals surface area contributed by atoms with Crippen LogP contribution in [0.1, 0.15) is 15.9 Å². The Morgan fingerprint density at radius 3 is 2.58 bits per heavy atom. The van der Waals surface area contributed by atoms with Gasteiger partial charge in [0.05, 0.1) is 5.56 Å². The van der Waals surface area contributed by atoms with Gasteiger partial charge in [-0.2, -0.15) is 0 Å². The third-order valence-corrected chi connectivity index (χ3v) is 4.85. The smallest absolute Gasteiger partial charge is 0.251 e. The second-order valence-corrected chi connectivity index (χ2v) is 6.86. The van der Waals surface area contributed by atoms with E-state index in [1.165, 1.54) is 22.0 Å². The number of hydrogen-bond donors (Lipinski definition) is 2. The predicted molar refractivity (Wildman–Crippen MR) is 102 cm³/mol. The Morgan fingerprint density at radius 2 is 1.88 bits per heavy atom. The molecule has 26 heavy (non-hydrogen) atoms. The number of anilines is 1. The normalized spacial score (nSPS) is 10.5. The molecular formula is C19H17N3O3S. The first-order valence-corrected chi connectivity index (χ1v) is 8.71. The lowest BCUT2D eigenvalue weighted by atomic mass is 10.1. The highest BCUT2D eigenvalue weighted by Gasteiger charge is 2.17. The average molecular weight is 367 g/mol. The van der Waals surface area contributed by atoms with Crippen molar-refractivity contribution >= 4 is 28.2 Å². The topological polar surface area (TPSA) is 94.2 Å². The molecule has 0 unspecified atom stereocenters. The second kappa shape index (κ2) is 7.37. The summed E-state index contributed by atoms with van der Waals surface area (Å²) in [5.74, 6) is -1.02. The Labute approximate surface area is 153 Å². The lowest BCUT2D eigenvalue weighted by Crippen LogP contribution is -2.27. The molecule has 2 heterocycles. The molecule has 7 heteroatoms. The summed E-state index contributed by atoms with van der Waals surface area (Å²) in [7, 11) is 0. The fourth-order valence-corrected chi connectivity index (χ4v) is 3.59. The minimum Gasteiger partial charge on any atom is -0.366 e. The summed E-state index contributed by atoms with van der Waals surface area (Å²) in [5, 5.41) is 3.07. The molecule has 132 valence electrons. The zero-order valence-electron chi connectivity index (χ0n) is 14.1. The zero-order chi connectivity index (χ0) is 18.7. The van der Waals surface area contributed by atoms with Crippen molar-refractivity contribution in [3.05, 3.63) is 76.2 Å². The highest BCUT2D eigenvalue weighted by molar-refractivity contribution is 7.20. The van der Waals surface area contributed by atoms with Gasteiger partial charge in [0.15, 0.2) is 0 Å². The van der Waals surface area contributed by atoms with Crippen molar-refractivity contribution in [2.75, 3.05) is 5.32 Å². The molecule has 2 aromatic heterocycles. The van der Waals surface area contributed by atoms with Crippen LogP contribution in [0.15, 0.2) is 59.5 Å². The number of aryl methyl sites for hydroxylation is 1. The van der Waals surface area contributed by atoms with Crippen molar-refractivity contribution in [2.24, 2.45) is 5.73 Å². The molecule has 0 aliphatic rings. The molecule has 0 spiro atoms. The van der Waals surface area contributed by atoms with Gasteiger partial charge in [-0.15, -0.1) is 11.3 Å². The van der Waals surface area contributed by atoms with Gasteiger partial charge < -0.3 is 15.6 Å². The first kappa shape index (κ1) is 17.6. The molecule has 0 bridgehead atoms. The van der Waals surface area contributed by atoms with Crippen LogP contribution in [0.2, 0.25) is 0 Å². The SMILES string of the molecule is Cc1ccc(=O)n(CC(=O)Nc2sc(-c3ccccc3)cc2C(N)=O)c1. The summed E-state index contributed by atoms with van der Waals surface area (Å²) in [4.78, 5) is 36.7. The molecule has 0 saturated carbocycles. The van der Waals surface area contributed by atoms with Crippen LogP contribution in [0.25, 0.3) is 10.4 Å². The van der Waals surface area contributed by atoms with E-state index in [2.05, 4.69) is 5.32 Å². The Morgan fingerprint density at radius 1 is 1.15 bits per heavy atom. The minimum atomic E-state index is -0.619. The quantitative estimate of drug-likeness (QED) is 0.726. The van der Waals surface area contributed by atoms with Crippen LogP contribution in [0, 0.1) is 6.92 Å². The zero-order valence-corrected chi connectivity index (χ0v) is 14.9. The molecule has 0 atom stereocenters. The van der Waals surface area contributed by atoms with E-state index in [0.717, 1.165) is 16.0 Å². The molecule has 3 N–H and O–H groups in total. The number of primary amides is 1. The number of benzene rings is 1. The second-order valence-electron chi connectivity index (χ2n) is 5.80. The number of aromatic nitrogens is 1. The van der Waals surface area contributed by atoms with Crippen LogP contribution in [0.5, 0.6) is 0 Å². The van der Waals surface area contributed by atoms with Gasteiger partial charge in [-0.1, -0.05) is 36.4 Å². The van der Waals surface area contributed by atoms with E-state index in [9.17, 15) is 14.4 Å².